The molecule has 1 amide bonds. The molecule has 1 aromatic heterocycles. The van der Waals surface area contributed by atoms with Gasteiger partial charge in [-0.2, -0.15) is 4.98 Å². The fourth-order valence-corrected chi connectivity index (χ4v) is 4.69. The number of hydrogen-bond acceptors (Lipinski definition) is 6. The van der Waals surface area contributed by atoms with Gasteiger partial charge in [-0.1, -0.05) is 48.0 Å². The highest BCUT2D eigenvalue weighted by Crippen LogP contribution is 2.29. The van der Waals surface area contributed by atoms with Crippen molar-refractivity contribution >= 4 is 29.0 Å². The maximum Gasteiger partial charge on any atom is 0.253 e. The molecule has 7 heteroatoms. The zero-order valence-electron chi connectivity index (χ0n) is 21.0. The highest BCUT2D eigenvalue weighted by Gasteiger charge is 2.27. The number of carbonyl (C=O) groups is 1. The molecule has 0 bridgehead atoms. The van der Waals surface area contributed by atoms with Crippen LogP contribution in [0.4, 0.5) is 23.1 Å². The summed E-state index contributed by atoms with van der Waals surface area (Å²) in [5, 5.41) is 6.51. The van der Waals surface area contributed by atoms with E-state index in [1.807, 2.05) is 77.7 Å². The minimum Gasteiger partial charge on any atom is -0.340 e. The summed E-state index contributed by atoms with van der Waals surface area (Å²) in [6.07, 6.45) is 3.52. The molecule has 0 saturated carbocycles. The van der Waals surface area contributed by atoms with Crippen LogP contribution < -0.4 is 16.4 Å². The summed E-state index contributed by atoms with van der Waals surface area (Å²) < 4.78 is 0. The number of benzene rings is 3. The summed E-state index contributed by atoms with van der Waals surface area (Å²) in [6, 6.07) is 27.6. The number of hydrogen-bond donors (Lipinski definition) is 3. The molecule has 1 aliphatic heterocycles. The van der Waals surface area contributed by atoms with Gasteiger partial charge in [-0.05, 0) is 73.7 Å². The van der Waals surface area contributed by atoms with Crippen LogP contribution in [0.25, 0.3) is 0 Å². The Kier molecular flexibility index (Phi) is 7.42. The zero-order chi connectivity index (χ0) is 25.6. The fourth-order valence-electron chi connectivity index (χ4n) is 4.69. The normalized spacial score (nSPS) is 14.7. The second-order valence-corrected chi connectivity index (χ2v) is 9.52. The van der Waals surface area contributed by atoms with Crippen molar-refractivity contribution in [3.05, 3.63) is 108 Å². The predicted molar refractivity (Wildman–Crippen MR) is 148 cm³/mol. The third-order valence-electron chi connectivity index (χ3n) is 6.89. The summed E-state index contributed by atoms with van der Waals surface area (Å²) in [5.41, 5.74) is 11.3. The lowest BCUT2D eigenvalue weighted by Gasteiger charge is -2.35. The first-order chi connectivity index (χ1) is 18.0. The van der Waals surface area contributed by atoms with Gasteiger partial charge in [0.2, 0.25) is 5.95 Å². The van der Waals surface area contributed by atoms with Gasteiger partial charge in [0.15, 0.2) is 0 Å². The average molecular weight is 493 g/mol. The second kappa shape index (κ2) is 11.2. The SMILES string of the molecule is Cc1ccc(Nc2ccnc(Nc3ccc(C(=O)N4CCC([C@@H](N)c5ccccc5)CC4)cc3)n2)cc1. The first-order valence-electron chi connectivity index (χ1n) is 12.7. The molecule has 3 aromatic carbocycles. The predicted octanol–water partition coefficient (Wildman–Crippen LogP) is 5.82. The van der Waals surface area contributed by atoms with Gasteiger partial charge in [0, 0.05) is 42.3 Å². The van der Waals surface area contributed by atoms with Gasteiger partial charge in [-0.15, -0.1) is 0 Å². The molecule has 5 rings (SSSR count). The molecule has 1 atom stereocenters. The topological polar surface area (TPSA) is 96.2 Å². The lowest BCUT2D eigenvalue weighted by Crippen LogP contribution is -2.41. The largest absolute Gasteiger partial charge is 0.340 e. The molecule has 0 spiro atoms. The number of anilines is 4. The van der Waals surface area contributed by atoms with Crippen LogP contribution in [0.5, 0.6) is 0 Å². The molecule has 1 saturated heterocycles. The molecule has 0 radical (unpaired) electrons. The number of rotatable bonds is 7. The van der Waals surface area contributed by atoms with E-state index in [1.54, 1.807) is 6.20 Å². The summed E-state index contributed by atoms with van der Waals surface area (Å²) in [5.74, 6) is 1.62. The third-order valence-corrected chi connectivity index (χ3v) is 6.89. The van der Waals surface area contributed by atoms with Crippen LogP contribution in [0.3, 0.4) is 0 Å². The minimum absolute atomic E-state index is 0.0108. The highest BCUT2D eigenvalue weighted by atomic mass is 16.2. The van der Waals surface area contributed by atoms with Crippen molar-refractivity contribution < 1.29 is 4.79 Å². The standard InChI is InChI=1S/C30H32N6O/c1-21-7-11-25(12-8-21)33-27-15-18-32-30(35-27)34-26-13-9-24(10-14-26)29(37)36-19-16-23(17-20-36)28(31)22-5-3-2-4-6-22/h2-15,18,23,28H,16-17,19-20,31H2,1H3,(H2,32,33,34,35)/t28-/m0/s1. The van der Waals surface area contributed by atoms with E-state index in [-0.39, 0.29) is 11.9 Å². The van der Waals surface area contributed by atoms with Crippen LogP contribution >= 0.6 is 0 Å². The lowest BCUT2D eigenvalue weighted by molar-refractivity contribution is 0.0678. The fraction of sp³-hybridized carbons (Fsp3) is 0.233. The number of amides is 1. The molecule has 2 heterocycles. The van der Waals surface area contributed by atoms with Gasteiger partial charge in [-0.3, -0.25) is 4.79 Å². The Balaban J connectivity index is 1.16. The summed E-state index contributed by atoms with van der Waals surface area (Å²) in [4.78, 5) is 23.9. The molecule has 4 N–H and O–H groups in total. The van der Waals surface area contributed by atoms with Crippen molar-refractivity contribution in [2.24, 2.45) is 11.7 Å². The van der Waals surface area contributed by atoms with E-state index in [4.69, 9.17) is 5.73 Å². The van der Waals surface area contributed by atoms with Gasteiger partial charge in [0.1, 0.15) is 5.82 Å². The van der Waals surface area contributed by atoms with Crippen LogP contribution in [0.1, 0.15) is 40.4 Å². The second-order valence-electron chi connectivity index (χ2n) is 9.52. The number of likely N-dealkylation sites (tertiary alicyclic amines) is 1. The van der Waals surface area contributed by atoms with Crippen LogP contribution in [-0.2, 0) is 0 Å². The molecule has 188 valence electrons. The van der Waals surface area contributed by atoms with Gasteiger partial charge in [-0.25, -0.2) is 4.98 Å². The van der Waals surface area contributed by atoms with Crippen molar-refractivity contribution in [2.45, 2.75) is 25.8 Å². The Morgan fingerprint density at radius 1 is 0.892 bits per heavy atom. The Morgan fingerprint density at radius 3 is 2.24 bits per heavy atom. The van der Waals surface area contributed by atoms with E-state index in [1.165, 1.54) is 5.56 Å². The van der Waals surface area contributed by atoms with E-state index >= 15 is 0 Å². The third kappa shape index (κ3) is 6.13. The Bertz CT molecular complexity index is 1320. The number of aromatic nitrogens is 2. The van der Waals surface area contributed by atoms with Crippen LogP contribution in [0.15, 0.2) is 91.1 Å². The Labute approximate surface area is 217 Å². The first-order valence-corrected chi connectivity index (χ1v) is 12.7. The maximum absolute atomic E-state index is 13.1. The van der Waals surface area contributed by atoms with Crippen molar-refractivity contribution in [3.63, 3.8) is 0 Å². The van der Waals surface area contributed by atoms with E-state index < -0.39 is 0 Å². The smallest absolute Gasteiger partial charge is 0.253 e. The number of nitrogens with zero attached hydrogens (tertiary/aromatic N) is 3. The molecular weight excluding hydrogens is 460 g/mol. The summed E-state index contributed by atoms with van der Waals surface area (Å²) >= 11 is 0. The quantitative estimate of drug-likeness (QED) is 0.301. The van der Waals surface area contributed by atoms with Crippen LogP contribution in [0, 0.1) is 12.8 Å². The van der Waals surface area contributed by atoms with Gasteiger partial charge >= 0.3 is 0 Å². The number of nitrogens with one attached hydrogen (secondary N) is 2. The highest BCUT2D eigenvalue weighted by molar-refractivity contribution is 5.94. The van der Waals surface area contributed by atoms with Crippen molar-refractivity contribution in [1.82, 2.24) is 14.9 Å². The summed E-state index contributed by atoms with van der Waals surface area (Å²) in [7, 11) is 0. The van der Waals surface area contributed by atoms with E-state index in [0.29, 0.717) is 23.2 Å². The van der Waals surface area contributed by atoms with E-state index in [9.17, 15) is 4.79 Å². The molecule has 0 aliphatic carbocycles. The summed E-state index contributed by atoms with van der Waals surface area (Å²) in [6.45, 7) is 3.50. The van der Waals surface area contributed by atoms with Crippen LogP contribution in [-0.4, -0.2) is 33.9 Å². The lowest BCUT2D eigenvalue weighted by atomic mass is 9.86. The molecule has 37 heavy (non-hydrogen) atoms. The number of aryl methyl sites for hydroxylation is 1. The Morgan fingerprint density at radius 2 is 1.54 bits per heavy atom. The molecule has 7 nitrogen and oxygen atoms in total. The van der Waals surface area contributed by atoms with Crippen LogP contribution in [0.2, 0.25) is 0 Å². The van der Waals surface area contributed by atoms with Crippen molar-refractivity contribution in [2.75, 3.05) is 23.7 Å². The van der Waals surface area contributed by atoms with Crippen molar-refractivity contribution in [3.8, 4) is 0 Å². The van der Waals surface area contributed by atoms with Gasteiger partial charge in [0.25, 0.3) is 5.91 Å². The molecular formula is C30H32N6O. The Hall–Kier alpha value is -4.23. The van der Waals surface area contributed by atoms with Crippen molar-refractivity contribution in [1.29, 1.82) is 0 Å². The molecule has 1 fully saturated rings. The molecule has 4 aromatic rings. The minimum atomic E-state index is 0.0108. The number of piperidine rings is 1. The molecule has 0 unspecified atom stereocenters. The zero-order valence-corrected chi connectivity index (χ0v) is 21.0. The monoisotopic (exact) mass is 492 g/mol. The number of nitrogens with two attached hydrogens (primary N) is 1. The average Bonchev–Trinajstić information content (AvgIpc) is 2.95. The van der Waals surface area contributed by atoms with Gasteiger partial charge in [0.05, 0.1) is 0 Å². The maximum atomic E-state index is 13.1. The number of carbonyl (C=O) groups excluding carboxylic acids is 1. The molecule has 1 aliphatic rings. The first kappa shape index (κ1) is 24.5. The van der Waals surface area contributed by atoms with E-state index in [0.717, 1.165) is 42.9 Å². The van der Waals surface area contributed by atoms with Gasteiger partial charge < -0.3 is 21.3 Å². The van der Waals surface area contributed by atoms with E-state index in [2.05, 4.69) is 39.7 Å².